The van der Waals surface area contributed by atoms with E-state index in [0.29, 0.717) is 12.1 Å². The molecule has 1 saturated heterocycles. The number of nitrogens with one attached hydrogen (secondary N) is 2. The van der Waals surface area contributed by atoms with E-state index in [1.165, 1.54) is 23.2 Å². The minimum Gasteiger partial charge on any atom is -0.403 e. The maximum atomic E-state index is 14.6. The van der Waals surface area contributed by atoms with Gasteiger partial charge in [-0.05, 0) is 38.0 Å². The smallest absolute Gasteiger partial charge is 0.403 e. The van der Waals surface area contributed by atoms with E-state index >= 15 is 0 Å². The van der Waals surface area contributed by atoms with E-state index in [0.717, 1.165) is 18.2 Å². The summed E-state index contributed by atoms with van der Waals surface area (Å²) in [5, 5.41) is 10.9. The number of aryl methyl sites for hydroxylation is 1. The molecule has 2 heterocycles. The third kappa shape index (κ3) is 6.25. The minimum atomic E-state index is -5.13. The van der Waals surface area contributed by atoms with Gasteiger partial charge in [-0.1, -0.05) is 12.1 Å². The molecule has 0 radical (unpaired) electrons. The summed E-state index contributed by atoms with van der Waals surface area (Å²) in [6.45, 7) is 4.97. The molecule has 1 aliphatic heterocycles. The average molecular weight is 537 g/mol. The Kier molecular flexibility index (Phi) is 8.33. The summed E-state index contributed by atoms with van der Waals surface area (Å²) in [7, 11) is 0. The zero-order valence-corrected chi connectivity index (χ0v) is 20.1. The molecule has 14 heteroatoms. The number of carbonyl (C=O) groups excluding carboxylic acids is 3. The Bertz CT molecular complexity index is 1280. The van der Waals surface area contributed by atoms with Crippen LogP contribution in [-0.4, -0.2) is 58.3 Å². The first kappa shape index (κ1) is 28.1. The summed E-state index contributed by atoms with van der Waals surface area (Å²) >= 11 is 0. The number of likely N-dealkylation sites (tertiary alicyclic amines) is 1. The van der Waals surface area contributed by atoms with Gasteiger partial charge in [0.1, 0.15) is 6.04 Å². The number of nitrogens with zero attached hydrogens (tertiary/aromatic N) is 2. The zero-order valence-electron chi connectivity index (χ0n) is 20.1. The van der Waals surface area contributed by atoms with Gasteiger partial charge in [0, 0.05) is 6.20 Å². The fraction of sp³-hybridized carbons (Fsp3) is 0.292. The Balaban J connectivity index is 1.79. The lowest BCUT2D eigenvalue weighted by molar-refractivity contribution is -0.275. The Hall–Kier alpha value is -4.49. The molecule has 0 bridgehead atoms. The highest BCUT2D eigenvalue weighted by Gasteiger charge is 2.40. The molecular weight excluding hydrogens is 512 g/mol. The molecule has 2 atom stereocenters. The molecule has 1 aromatic heterocycles. The largest absolute Gasteiger partial charge is 0.573 e. The fourth-order valence-electron chi connectivity index (χ4n) is 4.11. The van der Waals surface area contributed by atoms with Gasteiger partial charge >= 0.3 is 12.3 Å². The maximum absolute atomic E-state index is 14.6. The van der Waals surface area contributed by atoms with E-state index < -0.39 is 53.4 Å². The quantitative estimate of drug-likeness (QED) is 0.213. The highest BCUT2D eigenvalue weighted by atomic mass is 19.4. The average Bonchev–Trinajstić information content (AvgIpc) is 3.28. The number of alkyl halides is 3. The van der Waals surface area contributed by atoms with Crippen LogP contribution >= 0.6 is 0 Å². The van der Waals surface area contributed by atoms with Gasteiger partial charge < -0.3 is 26.0 Å². The lowest BCUT2D eigenvalue weighted by Crippen LogP contribution is -2.49. The van der Waals surface area contributed by atoms with E-state index in [9.17, 15) is 31.9 Å². The predicted octanol–water partition coefficient (Wildman–Crippen LogP) is 1.06. The fourth-order valence-corrected chi connectivity index (χ4v) is 4.11. The van der Waals surface area contributed by atoms with Crippen LogP contribution in [-0.2, 0) is 14.4 Å². The van der Waals surface area contributed by atoms with Crippen LogP contribution in [0.5, 0.6) is 5.75 Å². The molecule has 1 aromatic carbocycles. The molecule has 2 aromatic rings. The number of carbonyl (C=O) groups is 3. The molecule has 0 saturated carbocycles. The normalized spacial score (nSPS) is 17.0. The summed E-state index contributed by atoms with van der Waals surface area (Å²) in [6, 6.07) is 2.74. The van der Waals surface area contributed by atoms with Crippen LogP contribution in [0.15, 0.2) is 43.1 Å². The number of benzene rings is 1. The summed E-state index contributed by atoms with van der Waals surface area (Å²) < 4.78 is 55.8. The highest BCUT2D eigenvalue weighted by Crippen LogP contribution is 2.31. The van der Waals surface area contributed by atoms with Gasteiger partial charge in [-0.25, -0.2) is 9.80 Å². The SMILES string of the molecule is C=CC1CC[C@@H](C(=O)Nc2cccc(OC(F)(F)F)c2F)N1C(=O)CNc1c(C(=[NH2+])C(N)=O)ccnc1C. The van der Waals surface area contributed by atoms with Gasteiger partial charge in [-0.2, -0.15) is 0 Å². The number of halogens is 4. The van der Waals surface area contributed by atoms with Crippen molar-refractivity contribution < 1.29 is 42.1 Å². The van der Waals surface area contributed by atoms with Crippen LogP contribution in [0.1, 0.15) is 24.1 Å². The number of ether oxygens (including phenoxy) is 1. The number of hydrogen-bond acceptors (Lipinski definition) is 6. The van der Waals surface area contributed by atoms with E-state index in [2.05, 4.69) is 26.9 Å². The standard InChI is InChI=1S/C24H24F4N6O4/c1-3-13-7-8-16(23(37)33-15-5-4-6-17(19(15)25)38-24(26,27)28)34(13)18(35)11-32-21-12(2)31-10-9-14(21)20(29)22(30)36/h3-6,9-10,13,16,29,32H,1,7-8,11H2,2H3,(H2,30,36)(H,33,37)/p+1/t13?,16-/m0/s1. The second kappa shape index (κ2) is 11.3. The molecular formula is C24H25F4N6O4+. The number of rotatable bonds is 9. The van der Waals surface area contributed by atoms with Crippen molar-refractivity contribution in [1.82, 2.24) is 9.88 Å². The number of pyridine rings is 1. The maximum Gasteiger partial charge on any atom is 0.573 e. The number of hydrogen-bond donors (Lipinski definition) is 4. The van der Waals surface area contributed by atoms with Crippen LogP contribution in [0.4, 0.5) is 28.9 Å². The number of nitrogens with two attached hydrogens (primary N) is 2. The molecule has 1 unspecified atom stereocenters. The Morgan fingerprint density at radius 3 is 2.63 bits per heavy atom. The number of anilines is 2. The van der Waals surface area contributed by atoms with Crippen LogP contribution in [0.2, 0.25) is 0 Å². The third-order valence-corrected chi connectivity index (χ3v) is 5.85. The van der Waals surface area contributed by atoms with Gasteiger partial charge in [0.25, 0.3) is 5.71 Å². The Morgan fingerprint density at radius 2 is 2.00 bits per heavy atom. The van der Waals surface area contributed by atoms with Gasteiger partial charge in [-0.3, -0.25) is 19.4 Å². The molecule has 3 amide bonds. The predicted molar refractivity (Wildman–Crippen MR) is 128 cm³/mol. The molecule has 0 spiro atoms. The first-order valence-electron chi connectivity index (χ1n) is 11.2. The topological polar surface area (TPSA) is 152 Å². The first-order valence-corrected chi connectivity index (χ1v) is 11.2. The first-order chi connectivity index (χ1) is 17.8. The molecule has 202 valence electrons. The molecule has 10 nitrogen and oxygen atoms in total. The van der Waals surface area contributed by atoms with E-state index in [1.807, 2.05) is 0 Å². The summed E-state index contributed by atoms with van der Waals surface area (Å²) in [5.74, 6) is -4.76. The zero-order chi connectivity index (χ0) is 28.2. The molecule has 6 N–H and O–H groups in total. The third-order valence-electron chi connectivity index (χ3n) is 5.85. The van der Waals surface area contributed by atoms with Crippen molar-refractivity contribution in [2.45, 2.75) is 38.2 Å². The summed E-state index contributed by atoms with van der Waals surface area (Å²) in [6.07, 6.45) is -1.69. The summed E-state index contributed by atoms with van der Waals surface area (Å²) in [4.78, 5) is 43.2. The second-order valence-electron chi connectivity index (χ2n) is 8.30. The van der Waals surface area contributed by atoms with Crippen molar-refractivity contribution in [2.24, 2.45) is 5.73 Å². The molecule has 38 heavy (non-hydrogen) atoms. The van der Waals surface area contributed by atoms with Crippen LogP contribution < -0.4 is 26.5 Å². The van der Waals surface area contributed by atoms with Crippen LogP contribution in [0.3, 0.4) is 0 Å². The second-order valence-corrected chi connectivity index (χ2v) is 8.30. The molecule has 3 rings (SSSR count). The van der Waals surface area contributed by atoms with Gasteiger partial charge in [0.2, 0.25) is 11.8 Å². The molecule has 1 aliphatic rings. The van der Waals surface area contributed by atoms with Crippen LogP contribution in [0.25, 0.3) is 0 Å². The lowest BCUT2D eigenvalue weighted by atomic mass is 10.1. The highest BCUT2D eigenvalue weighted by molar-refractivity contribution is 6.43. The molecule has 1 fully saturated rings. The Labute approximate surface area is 214 Å². The van der Waals surface area contributed by atoms with Crippen molar-refractivity contribution in [2.75, 3.05) is 17.2 Å². The van der Waals surface area contributed by atoms with Gasteiger partial charge in [0.15, 0.2) is 11.6 Å². The van der Waals surface area contributed by atoms with Crippen molar-refractivity contribution in [1.29, 1.82) is 0 Å². The number of primary amides is 1. The van der Waals surface area contributed by atoms with E-state index in [1.54, 1.807) is 6.92 Å². The lowest BCUT2D eigenvalue weighted by Gasteiger charge is -2.29. The minimum absolute atomic E-state index is 0.189. The number of aromatic nitrogens is 1. The van der Waals surface area contributed by atoms with E-state index in [-0.39, 0.29) is 29.9 Å². The monoisotopic (exact) mass is 537 g/mol. The van der Waals surface area contributed by atoms with Crippen LogP contribution in [0, 0.1) is 12.7 Å². The van der Waals surface area contributed by atoms with Gasteiger partial charge in [0.05, 0.1) is 35.2 Å². The molecule has 0 aliphatic carbocycles. The van der Waals surface area contributed by atoms with Crippen molar-refractivity contribution in [3.63, 3.8) is 0 Å². The van der Waals surface area contributed by atoms with Crippen molar-refractivity contribution in [3.05, 3.63) is 60.2 Å². The van der Waals surface area contributed by atoms with Crippen molar-refractivity contribution >= 4 is 34.8 Å². The van der Waals surface area contributed by atoms with Gasteiger partial charge in [-0.15, -0.1) is 19.8 Å². The van der Waals surface area contributed by atoms with E-state index in [4.69, 9.17) is 11.1 Å². The summed E-state index contributed by atoms with van der Waals surface area (Å²) in [5.41, 5.74) is 5.44. The Morgan fingerprint density at radius 1 is 1.29 bits per heavy atom. The van der Waals surface area contributed by atoms with Crippen molar-refractivity contribution in [3.8, 4) is 5.75 Å². The number of amides is 3.